The molecule has 0 aliphatic carbocycles. The number of likely N-dealkylation sites (tertiary alicyclic amines) is 1. The molecule has 1 fully saturated rings. The first-order valence-electron chi connectivity index (χ1n) is 8.84. The molecule has 2 rings (SSSR count). The van der Waals surface area contributed by atoms with Crippen molar-refractivity contribution in [3.63, 3.8) is 0 Å². The molecule has 1 heterocycles. The second-order valence-corrected chi connectivity index (χ2v) is 10.4. The second-order valence-electron chi connectivity index (χ2n) is 7.78. The van der Waals surface area contributed by atoms with Crippen molar-refractivity contribution in [1.29, 1.82) is 0 Å². The average molecular weight is 437 g/mol. The molecule has 1 atom stereocenters. The summed E-state index contributed by atoms with van der Waals surface area (Å²) in [5.74, 6) is -0.203. The Morgan fingerprint density at radius 2 is 2.04 bits per heavy atom. The summed E-state index contributed by atoms with van der Waals surface area (Å²) in [5.41, 5.74) is -0.0994. The number of hydrogen-bond donors (Lipinski definition) is 1. The maximum atomic E-state index is 12.4. The van der Waals surface area contributed by atoms with Gasteiger partial charge in [0.15, 0.2) is 0 Å². The van der Waals surface area contributed by atoms with E-state index >= 15 is 0 Å². The maximum absolute atomic E-state index is 12.4. The number of carbonyl (C=O) groups is 1. The van der Waals surface area contributed by atoms with Crippen LogP contribution in [0.5, 0.6) is 0 Å². The molecule has 1 aliphatic heterocycles. The first kappa shape index (κ1) is 22.3. The first-order valence-corrected chi connectivity index (χ1v) is 11.3. The summed E-state index contributed by atoms with van der Waals surface area (Å²) >= 11 is 12.0. The number of sulfonamides is 1. The largest absolute Gasteiger partial charge is 0.444 e. The summed E-state index contributed by atoms with van der Waals surface area (Å²) in [6, 6.07) is 4.74. The van der Waals surface area contributed by atoms with Crippen LogP contribution in [0.1, 0.15) is 39.2 Å². The number of rotatable bonds is 5. The lowest BCUT2D eigenvalue weighted by molar-refractivity contribution is 0.0169. The van der Waals surface area contributed by atoms with Gasteiger partial charge in [-0.15, -0.1) is 0 Å². The van der Waals surface area contributed by atoms with E-state index in [0.29, 0.717) is 28.7 Å². The number of ether oxygens (including phenoxy) is 1. The number of nitrogens with one attached hydrogen (secondary N) is 1. The molecule has 1 saturated heterocycles. The number of piperidine rings is 1. The van der Waals surface area contributed by atoms with Crippen molar-refractivity contribution in [3.8, 4) is 0 Å². The van der Waals surface area contributed by atoms with Crippen LogP contribution in [0, 0.1) is 5.92 Å². The Labute approximate surface area is 171 Å². The summed E-state index contributed by atoms with van der Waals surface area (Å²) < 4.78 is 32.8. The Morgan fingerprint density at radius 1 is 1.33 bits per heavy atom. The van der Waals surface area contributed by atoms with Crippen LogP contribution in [0.3, 0.4) is 0 Å². The van der Waals surface area contributed by atoms with Crippen LogP contribution in [0.25, 0.3) is 0 Å². The van der Waals surface area contributed by atoms with Gasteiger partial charge in [-0.1, -0.05) is 23.2 Å². The Bertz CT molecular complexity index is 778. The lowest BCUT2D eigenvalue weighted by Gasteiger charge is -2.34. The number of amides is 1. The summed E-state index contributed by atoms with van der Waals surface area (Å²) in [4.78, 5) is 13.8. The molecule has 1 N–H and O–H groups in total. The number of benzene rings is 1. The van der Waals surface area contributed by atoms with Crippen molar-refractivity contribution in [1.82, 2.24) is 9.62 Å². The standard InChI is InChI=1S/C18H26Cl2N2O4S/c1-18(2,3)26-17(23)22-8-4-5-13(11-22)10-21-27(24,25)12-14-9-15(19)6-7-16(14)20/h6-7,9,13,21H,4-5,8,10-12H2,1-3H3. The molecular weight excluding hydrogens is 411 g/mol. The van der Waals surface area contributed by atoms with E-state index in [1.165, 1.54) is 0 Å². The summed E-state index contributed by atoms with van der Waals surface area (Å²) in [5, 5.41) is 0.795. The molecule has 27 heavy (non-hydrogen) atoms. The number of halogens is 2. The predicted octanol–water partition coefficient (Wildman–Crippen LogP) is 4.06. The third-order valence-corrected chi connectivity index (χ3v) is 6.02. The van der Waals surface area contributed by atoms with Gasteiger partial charge in [0, 0.05) is 29.7 Å². The quantitative estimate of drug-likeness (QED) is 0.754. The van der Waals surface area contributed by atoms with Crippen molar-refractivity contribution in [3.05, 3.63) is 33.8 Å². The van der Waals surface area contributed by atoms with Crippen LogP contribution in [0.2, 0.25) is 10.0 Å². The molecule has 1 amide bonds. The van der Waals surface area contributed by atoms with Gasteiger partial charge in [-0.3, -0.25) is 0 Å². The molecule has 0 saturated carbocycles. The van der Waals surface area contributed by atoms with Crippen LogP contribution in [0.4, 0.5) is 4.79 Å². The molecule has 1 aromatic rings. The summed E-state index contributed by atoms with van der Waals surface area (Å²) in [6.45, 7) is 6.82. The van der Waals surface area contributed by atoms with Crippen molar-refractivity contribution in [2.24, 2.45) is 5.92 Å². The highest BCUT2D eigenvalue weighted by atomic mass is 35.5. The highest BCUT2D eigenvalue weighted by Crippen LogP contribution is 2.23. The van der Waals surface area contributed by atoms with Crippen molar-refractivity contribution < 1.29 is 17.9 Å². The van der Waals surface area contributed by atoms with Gasteiger partial charge in [-0.25, -0.2) is 17.9 Å². The highest BCUT2D eigenvalue weighted by molar-refractivity contribution is 7.88. The fourth-order valence-corrected chi connectivity index (χ4v) is 4.58. The Morgan fingerprint density at radius 3 is 2.70 bits per heavy atom. The zero-order valence-electron chi connectivity index (χ0n) is 15.8. The zero-order valence-corrected chi connectivity index (χ0v) is 18.1. The Hall–Kier alpha value is -1.02. The van der Waals surface area contributed by atoms with E-state index in [1.54, 1.807) is 23.1 Å². The third-order valence-electron chi connectivity index (χ3n) is 4.12. The SMILES string of the molecule is CC(C)(C)OC(=O)N1CCCC(CNS(=O)(=O)Cc2cc(Cl)ccc2Cl)C1. The van der Waals surface area contributed by atoms with Crippen LogP contribution in [-0.2, 0) is 20.5 Å². The monoisotopic (exact) mass is 436 g/mol. The average Bonchev–Trinajstić information content (AvgIpc) is 2.55. The molecule has 6 nitrogen and oxygen atoms in total. The molecule has 0 radical (unpaired) electrons. The Balaban J connectivity index is 1.91. The molecule has 1 aliphatic rings. The zero-order chi connectivity index (χ0) is 20.2. The Kier molecular flexibility index (Phi) is 7.41. The molecular formula is C18H26Cl2N2O4S. The fraction of sp³-hybridized carbons (Fsp3) is 0.611. The lowest BCUT2D eigenvalue weighted by Crippen LogP contribution is -2.45. The maximum Gasteiger partial charge on any atom is 0.410 e. The van der Waals surface area contributed by atoms with E-state index in [9.17, 15) is 13.2 Å². The second kappa shape index (κ2) is 8.99. The van der Waals surface area contributed by atoms with Crippen molar-refractivity contribution >= 4 is 39.3 Å². The minimum absolute atomic E-state index is 0.0378. The number of hydrogen-bond acceptors (Lipinski definition) is 4. The fourth-order valence-electron chi connectivity index (χ4n) is 2.88. The highest BCUT2D eigenvalue weighted by Gasteiger charge is 2.28. The van der Waals surface area contributed by atoms with Crippen molar-refractivity contribution in [2.45, 2.75) is 45.0 Å². The van der Waals surface area contributed by atoms with Gasteiger partial charge < -0.3 is 9.64 Å². The van der Waals surface area contributed by atoms with Gasteiger partial charge in [-0.2, -0.15) is 0 Å². The van der Waals surface area contributed by atoms with Crippen LogP contribution < -0.4 is 4.72 Å². The molecule has 152 valence electrons. The van der Waals surface area contributed by atoms with E-state index in [4.69, 9.17) is 27.9 Å². The van der Waals surface area contributed by atoms with E-state index < -0.39 is 15.6 Å². The molecule has 0 bridgehead atoms. The van der Waals surface area contributed by atoms with E-state index in [1.807, 2.05) is 20.8 Å². The van der Waals surface area contributed by atoms with E-state index in [2.05, 4.69) is 4.72 Å². The van der Waals surface area contributed by atoms with Crippen LogP contribution in [0.15, 0.2) is 18.2 Å². The van der Waals surface area contributed by atoms with Crippen LogP contribution in [-0.4, -0.2) is 44.6 Å². The van der Waals surface area contributed by atoms with Crippen LogP contribution >= 0.6 is 23.2 Å². The molecule has 0 aromatic heterocycles. The topological polar surface area (TPSA) is 75.7 Å². The summed E-state index contributed by atoms with van der Waals surface area (Å²) in [6.07, 6.45) is 1.30. The van der Waals surface area contributed by atoms with Gasteiger partial charge in [0.05, 0.1) is 5.75 Å². The minimum atomic E-state index is -3.57. The van der Waals surface area contributed by atoms with Gasteiger partial charge in [0.1, 0.15) is 5.60 Å². The first-order chi connectivity index (χ1) is 12.5. The van der Waals surface area contributed by atoms with Gasteiger partial charge in [-0.05, 0) is 63.3 Å². The van der Waals surface area contributed by atoms with E-state index in [-0.39, 0.29) is 24.3 Å². The molecule has 1 aromatic carbocycles. The van der Waals surface area contributed by atoms with Crippen molar-refractivity contribution in [2.75, 3.05) is 19.6 Å². The molecule has 0 spiro atoms. The van der Waals surface area contributed by atoms with E-state index in [0.717, 1.165) is 12.8 Å². The smallest absolute Gasteiger partial charge is 0.410 e. The van der Waals surface area contributed by atoms with Gasteiger partial charge in [0.2, 0.25) is 10.0 Å². The third kappa shape index (κ3) is 7.49. The lowest BCUT2D eigenvalue weighted by atomic mass is 9.99. The number of carbonyl (C=O) groups excluding carboxylic acids is 1. The predicted molar refractivity (Wildman–Crippen MR) is 108 cm³/mol. The molecule has 9 heteroatoms. The minimum Gasteiger partial charge on any atom is -0.444 e. The number of nitrogens with zero attached hydrogens (tertiary/aromatic N) is 1. The summed E-state index contributed by atoms with van der Waals surface area (Å²) in [7, 11) is -3.57. The van der Waals surface area contributed by atoms with Gasteiger partial charge in [0.25, 0.3) is 0 Å². The van der Waals surface area contributed by atoms with Gasteiger partial charge >= 0.3 is 6.09 Å². The molecule has 1 unspecified atom stereocenters. The normalized spacial score (nSPS) is 18.4.